The zero-order valence-electron chi connectivity index (χ0n) is 10.8. The van der Waals surface area contributed by atoms with Gasteiger partial charge >= 0.3 is 0 Å². The highest BCUT2D eigenvalue weighted by Crippen LogP contribution is 2.26. The molecule has 3 heteroatoms. The molecule has 0 N–H and O–H groups in total. The molecule has 0 radical (unpaired) electrons. The standard InChI is InChI=1S/C15H20Cl2O/c1-2-3-4-5-6-9-13(18)11-12-8-7-10-14(16)15(12)17/h7-8,10H,2-6,9,11H2,1H3. The molecule has 0 amide bonds. The molecule has 0 bridgehead atoms. The SMILES string of the molecule is CCCCCCCC(=O)Cc1cccc(Cl)c1Cl. The molecule has 0 aliphatic rings. The predicted molar refractivity (Wildman–Crippen MR) is 78.5 cm³/mol. The quantitative estimate of drug-likeness (QED) is 0.580. The van der Waals surface area contributed by atoms with Crippen molar-refractivity contribution in [2.75, 3.05) is 0 Å². The van der Waals surface area contributed by atoms with Crippen LogP contribution in [0.15, 0.2) is 18.2 Å². The second-order valence-corrected chi connectivity index (χ2v) is 5.38. The minimum Gasteiger partial charge on any atom is -0.299 e. The van der Waals surface area contributed by atoms with Gasteiger partial charge in [0.1, 0.15) is 5.78 Å². The van der Waals surface area contributed by atoms with E-state index < -0.39 is 0 Å². The lowest BCUT2D eigenvalue weighted by Gasteiger charge is -2.05. The number of carbonyl (C=O) groups excluding carboxylic acids is 1. The second kappa shape index (κ2) is 8.55. The van der Waals surface area contributed by atoms with E-state index in [9.17, 15) is 4.79 Å². The summed E-state index contributed by atoms with van der Waals surface area (Å²) in [5.41, 5.74) is 0.836. The van der Waals surface area contributed by atoms with Crippen molar-refractivity contribution in [2.24, 2.45) is 0 Å². The molecule has 0 aliphatic heterocycles. The van der Waals surface area contributed by atoms with Gasteiger partial charge < -0.3 is 0 Å². The Morgan fingerprint density at radius 1 is 1.11 bits per heavy atom. The molecule has 1 rings (SSSR count). The van der Waals surface area contributed by atoms with Gasteiger partial charge in [0.15, 0.2) is 0 Å². The molecule has 0 spiro atoms. The number of Topliss-reactive ketones (excluding diaryl/α,β-unsaturated/α-hetero) is 1. The number of carbonyl (C=O) groups is 1. The van der Waals surface area contributed by atoms with Crippen LogP contribution in [0, 0.1) is 0 Å². The smallest absolute Gasteiger partial charge is 0.137 e. The van der Waals surface area contributed by atoms with Crippen molar-refractivity contribution in [2.45, 2.75) is 51.9 Å². The van der Waals surface area contributed by atoms with Gasteiger partial charge in [-0.25, -0.2) is 0 Å². The average Bonchev–Trinajstić information content (AvgIpc) is 2.35. The molecule has 0 unspecified atom stereocenters. The normalized spacial score (nSPS) is 10.6. The van der Waals surface area contributed by atoms with Crippen LogP contribution in [-0.4, -0.2) is 5.78 Å². The van der Waals surface area contributed by atoms with Gasteiger partial charge in [0.05, 0.1) is 10.0 Å². The highest BCUT2D eigenvalue weighted by molar-refractivity contribution is 6.42. The summed E-state index contributed by atoms with van der Waals surface area (Å²) >= 11 is 12.0. The summed E-state index contributed by atoms with van der Waals surface area (Å²) in [6.07, 6.45) is 6.88. The minimum absolute atomic E-state index is 0.246. The molecule has 0 aliphatic carbocycles. The van der Waals surface area contributed by atoms with Crippen LogP contribution in [0.5, 0.6) is 0 Å². The van der Waals surface area contributed by atoms with E-state index in [1.807, 2.05) is 12.1 Å². The maximum atomic E-state index is 11.8. The summed E-state index contributed by atoms with van der Waals surface area (Å²) in [5.74, 6) is 0.246. The van der Waals surface area contributed by atoms with Crippen LogP contribution in [0.3, 0.4) is 0 Å². The van der Waals surface area contributed by atoms with Gasteiger partial charge in [0, 0.05) is 12.8 Å². The first-order chi connectivity index (χ1) is 8.65. The van der Waals surface area contributed by atoms with Gasteiger partial charge in [-0.1, -0.05) is 67.9 Å². The van der Waals surface area contributed by atoms with Gasteiger partial charge in [-0.15, -0.1) is 0 Å². The Labute approximate surface area is 119 Å². The molecule has 0 heterocycles. The van der Waals surface area contributed by atoms with Gasteiger partial charge in [-0.2, -0.15) is 0 Å². The Hall–Kier alpha value is -0.530. The number of benzene rings is 1. The van der Waals surface area contributed by atoms with E-state index in [0.29, 0.717) is 22.9 Å². The molecule has 1 aromatic rings. The van der Waals surface area contributed by atoms with Crippen LogP contribution in [0.25, 0.3) is 0 Å². The van der Waals surface area contributed by atoms with Crippen LogP contribution in [-0.2, 0) is 11.2 Å². The third-order valence-corrected chi connectivity index (χ3v) is 3.84. The zero-order chi connectivity index (χ0) is 13.4. The van der Waals surface area contributed by atoms with E-state index in [1.165, 1.54) is 19.3 Å². The third kappa shape index (κ3) is 5.41. The lowest BCUT2D eigenvalue weighted by atomic mass is 10.0. The number of hydrogen-bond acceptors (Lipinski definition) is 1. The summed E-state index contributed by atoms with van der Waals surface area (Å²) in [5, 5.41) is 1.03. The van der Waals surface area contributed by atoms with E-state index in [1.54, 1.807) is 6.07 Å². The van der Waals surface area contributed by atoms with Crippen LogP contribution in [0.2, 0.25) is 10.0 Å². The molecule has 0 aromatic heterocycles. The predicted octanol–water partition coefficient (Wildman–Crippen LogP) is 5.47. The molecule has 1 aromatic carbocycles. The third-order valence-electron chi connectivity index (χ3n) is 2.98. The van der Waals surface area contributed by atoms with Crippen molar-refractivity contribution in [3.05, 3.63) is 33.8 Å². The van der Waals surface area contributed by atoms with E-state index in [-0.39, 0.29) is 5.78 Å². The van der Waals surface area contributed by atoms with Gasteiger partial charge in [-0.05, 0) is 18.1 Å². The molecular formula is C15H20Cl2O. The van der Waals surface area contributed by atoms with Crippen molar-refractivity contribution < 1.29 is 4.79 Å². The Balaban J connectivity index is 2.34. The Kier molecular flexibility index (Phi) is 7.38. The molecular weight excluding hydrogens is 267 g/mol. The molecule has 0 atom stereocenters. The lowest BCUT2D eigenvalue weighted by molar-refractivity contribution is -0.118. The monoisotopic (exact) mass is 286 g/mol. The largest absolute Gasteiger partial charge is 0.299 e. The fourth-order valence-corrected chi connectivity index (χ4v) is 2.30. The van der Waals surface area contributed by atoms with Crippen LogP contribution < -0.4 is 0 Å². The van der Waals surface area contributed by atoms with E-state index in [0.717, 1.165) is 18.4 Å². The lowest BCUT2D eigenvalue weighted by Crippen LogP contribution is -2.03. The summed E-state index contributed by atoms with van der Waals surface area (Å²) in [6.45, 7) is 2.19. The molecule has 0 fully saturated rings. The van der Waals surface area contributed by atoms with Crippen molar-refractivity contribution >= 4 is 29.0 Å². The van der Waals surface area contributed by atoms with Crippen LogP contribution in [0.1, 0.15) is 51.0 Å². The summed E-state index contributed by atoms with van der Waals surface area (Å²) < 4.78 is 0. The Bertz CT molecular complexity index is 388. The van der Waals surface area contributed by atoms with E-state index in [2.05, 4.69) is 6.92 Å². The van der Waals surface area contributed by atoms with Gasteiger partial charge in [-0.3, -0.25) is 4.79 Å². The molecule has 18 heavy (non-hydrogen) atoms. The first kappa shape index (κ1) is 15.5. The number of ketones is 1. The maximum absolute atomic E-state index is 11.8. The zero-order valence-corrected chi connectivity index (χ0v) is 12.4. The van der Waals surface area contributed by atoms with Crippen molar-refractivity contribution in [1.29, 1.82) is 0 Å². The summed E-state index contributed by atoms with van der Waals surface area (Å²) in [7, 11) is 0. The van der Waals surface area contributed by atoms with Gasteiger partial charge in [0.25, 0.3) is 0 Å². The summed E-state index contributed by atoms with van der Waals surface area (Å²) in [4.78, 5) is 11.8. The molecule has 1 nitrogen and oxygen atoms in total. The van der Waals surface area contributed by atoms with Crippen molar-refractivity contribution in [1.82, 2.24) is 0 Å². The maximum Gasteiger partial charge on any atom is 0.137 e. The van der Waals surface area contributed by atoms with Crippen LogP contribution in [0.4, 0.5) is 0 Å². The van der Waals surface area contributed by atoms with Gasteiger partial charge in [0.2, 0.25) is 0 Å². The molecule has 0 saturated carbocycles. The highest BCUT2D eigenvalue weighted by Gasteiger charge is 2.09. The van der Waals surface area contributed by atoms with Crippen LogP contribution >= 0.6 is 23.2 Å². The number of hydrogen-bond donors (Lipinski definition) is 0. The fraction of sp³-hybridized carbons (Fsp3) is 0.533. The fourth-order valence-electron chi connectivity index (χ4n) is 1.91. The second-order valence-electron chi connectivity index (χ2n) is 4.59. The Morgan fingerprint density at radius 3 is 2.56 bits per heavy atom. The van der Waals surface area contributed by atoms with E-state index in [4.69, 9.17) is 23.2 Å². The van der Waals surface area contributed by atoms with E-state index >= 15 is 0 Å². The van der Waals surface area contributed by atoms with Crippen molar-refractivity contribution in [3.8, 4) is 0 Å². The van der Waals surface area contributed by atoms with Crippen molar-refractivity contribution in [3.63, 3.8) is 0 Å². The first-order valence-electron chi connectivity index (χ1n) is 6.59. The summed E-state index contributed by atoms with van der Waals surface area (Å²) in [6, 6.07) is 5.43. The number of rotatable bonds is 8. The Morgan fingerprint density at radius 2 is 1.83 bits per heavy atom. The molecule has 0 saturated heterocycles. The highest BCUT2D eigenvalue weighted by atomic mass is 35.5. The number of unbranched alkanes of at least 4 members (excludes halogenated alkanes) is 4. The molecule has 100 valence electrons. The topological polar surface area (TPSA) is 17.1 Å². The first-order valence-corrected chi connectivity index (χ1v) is 7.35. The minimum atomic E-state index is 0.246. The number of halogens is 2. The average molecular weight is 287 g/mol.